The first kappa shape index (κ1) is 18.8. The summed E-state index contributed by atoms with van der Waals surface area (Å²) in [5, 5.41) is 6.10. The molecule has 3 aromatic rings. The van der Waals surface area contributed by atoms with Gasteiger partial charge in [-0.2, -0.15) is 0 Å². The number of hydrogen-bond donors (Lipinski definition) is 1. The van der Waals surface area contributed by atoms with Crippen molar-refractivity contribution in [1.29, 1.82) is 0 Å². The fraction of sp³-hybridized carbons (Fsp3) is 0.450. The third-order valence-corrected chi connectivity index (χ3v) is 5.28. The van der Waals surface area contributed by atoms with E-state index in [0.29, 0.717) is 18.5 Å². The van der Waals surface area contributed by atoms with E-state index in [4.69, 9.17) is 9.40 Å². The second-order valence-corrected chi connectivity index (χ2v) is 7.27. The number of oxazole rings is 1. The maximum Gasteiger partial charge on any atom is 0.204 e. The lowest BCUT2D eigenvalue weighted by molar-refractivity contribution is 0.224. The van der Waals surface area contributed by atoms with Crippen LogP contribution < -0.4 is 5.32 Å². The lowest BCUT2D eigenvalue weighted by Crippen LogP contribution is -2.40. The van der Waals surface area contributed by atoms with Crippen molar-refractivity contribution >= 4 is 34.4 Å². The summed E-state index contributed by atoms with van der Waals surface area (Å²) in [6.07, 6.45) is 3.94. The zero-order valence-corrected chi connectivity index (χ0v) is 16.8. The van der Waals surface area contributed by atoms with Gasteiger partial charge in [0.25, 0.3) is 0 Å². The Morgan fingerprint density at radius 1 is 1.32 bits per heavy atom. The predicted molar refractivity (Wildman–Crippen MR) is 113 cm³/mol. The Hall–Kier alpha value is -2.54. The van der Waals surface area contributed by atoms with E-state index >= 15 is 0 Å². The summed E-state index contributed by atoms with van der Waals surface area (Å²) in [5.74, 6) is 2.40. The topological polar surface area (TPSA) is 71.5 Å². The number of nitrogens with zero attached hydrogens (tertiary/aromatic N) is 5. The number of aryl methyl sites for hydroxylation is 1. The second kappa shape index (κ2) is 8.65. The molecule has 1 saturated heterocycles. The monoisotopic (exact) mass is 396 g/mol. The Kier molecular flexibility index (Phi) is 5.81. The van der Waals surface area contributed by atoms with Gasteiger partial charge in [0.1, 0.15) is 5.76 Å². The van der Waals surface area contributed by atoms with Gasteiger partial charge in [-0.25, -0.2) is 15.0 Å². The SMILES string of the molecule is Cc1ncc(Cn2c(NC3CCN(CCN=C=S)CC3)nc3ccccc32)o1. The zero-order chi connectivity index (χ0) is 19.3. The summed E-state index contributed by atoms with van der Waals surface area (Å²) >= 11 is 4.63. The molecule has 0 bridgehead atoms. The molecule has 1 aliphatic rings. The van der Waals surface area contributed by atoms with Crippen molar-refractivity contribution in [2.45, 2.75) is 32.4 Å². The van der Waals surface area contributed by atoms with Gasteiger partial charge in [-0.3, -0.25) is 0 Å². The molecule has 2 aromatic heterocycles. The zero-order valence-electron chi connectivity index (χ0n) is 16.0. The number of nitrogens with one attached hydrogen (secondary N) is 1. The molecule has 0 aliphatic carbocycles. The summed E-state index contributed by atoms with van der Waals surface area (Å²) in [7, 11) is 0. The van der Waals surface area contributed by atoms with Crippen LogP contribution in [0.15, 0.2) is 39.9 Å². The molecule has 0 atom stereocenters. The van der Waals surface area contributed by atoms with E-state index in [2.05, 4.69) is 48.2 Å². The molecule has 0 radical (unpaired) electrons. The summed E-state index contributed by atoms with van der Waals surface area (Å²) in [6, 6.07) is 8.59. The normalized spacial score (nSPS) is 15.6. The minimum atomic E-state index is 0.400. The molecule has 1 aromatic carbocycles. The highest BCUT2D eigenvalue weighted by Crippen LogP contribution is 2.24. The van der Waals surface area contributed by atoms with Crippen molar-refractivity contribution in [3.63, 3.8) is 0 Å². The van der Waals surface area contributed by atoms with Crippen molar-refractivity contribution in [3.05, 3.63) is 42.1 Å². The van der Waals surface area contributed by atoms with E-state index in [-0.39, 0.29) is 0 Å². The van der Waals surface area contributed by atoms with Gasteiger partial charge in [-0.05, 0) is 37.2 Å². The van der Waals surface area contributed by atoms with Crippen molar-refractivity contribution in [1.82, 2.24) is 19.4 Å². The van der Waals surface area contributed by atoms with Crippen LogP contribution in [0.4, 0.5) is 5.95 Å². The highest BCUT2D eigenvalue weighted by molar-refractivity contribution is 7.78. The number of aromatic nitrogens is 3. The Balaban J connectivity index is 1.48. The summed E-state index contributed by atoms with van der Waals surface area (Å²) in [4.78, 5) is 15.5. The third-order valence-electron chi connectivity index (χ3n) is 5.15. The molecular weight excluding hydrogens is 372 g/mol. The number of para-hydroxylation sites is 2. The molecule has 0 spiro atoms. The Labute approximate surface area is 169 Å². The molecule has 7 nitrogen and oxygen atoms in total. The van der Waals surface area contributed by atoms with Crippen LogP contribution in [0.5, 0.6) is 0 Å². The molecule has 1 N–H and O–H groups in total. The molecule has 1 fully saturated rings. The van der Waals surface area contributed by atoms with E-state index in [0.717, 1.165) is 61.8 Å². The fourth-order valence-corrected chi connectivity index (χ4v) is 3.79. The first-order valence-corrected chi connectivity index (χ1v) is 10.0. The molecule has 0 unspecified atom stereocenters. The number of likely N-dealkylation sites (tertiary alicyclic amines) is 1. The lowest BCUT2D eigenvalue weighted by Gasteiger charge is -2.32. The van der Waals surface area contributed by atoms with Gasteiger partial charge in [0.05, 0.1) is 35.5 Å². The molecular formula is C20H24N6OS. The molecule has 3 heterocycles. The highest BCUT2D eigenvalue weighted by Gasteiger charge is 2.21. The Morgan fingerprint density at radius 3 is 2.89 bits per heavy atom. The van der Waals surface area contributed by atoms with Crippen molar-refractivity contribution in [2.75, 3.05) is 31.5 Å². The predicted octanol–water partition coefficient (Wildman–Crippen LogP) is 3.36. The number of thiocarbonyl (C=S) groups is 1. The summed E-state index contributed by atoms with van der Waals surface area (Å²) < 4.78 is 7.87. The highest BCUT2D eigenvalue weighted by atomic mass is 32.1. The minimum Gasteiger partial charge on any atom is -0.444 e. The number of anilines is 1. The van der Waals surface area contributed by atoms with Gasteiger partial charge in [-0.1, -0.05) is 12.1 Å². The lowest BCUT2D eigenvalue weighted by atomic mass is 10.1. The van der Waals surface area contributed by atoms with E-state index in [1.165, 1.54) is 0 Å². The van der Waals surface area contributed by atoms with Crippen LogP contribution in [-0.4, -0.2) is 56.8 Å². The number of imidazole rings is 1. The second-order valence-electron chi connectivity index (χ2n) is 7.09. The number of piperidine rings is 1. The quantitative estimate of drug-likeness (QED) is 0.488. The molecule has 0 amide bonds. The largest absolute Gasteiger partial charge is 0.444 e. The maximum atomic E-state index is 5.70. The summed E-state index contributed by atoms with van der Waals surface area (Å²) in [5.41, 5.74) is 2.08. The van der Waals surface area contributed by atoms with Crippen LogP contribution in [-0.2, 0) is 6.54 Å². The molecule has 146 valence electrons. The van der Waals surface area contributed by atoms with E-state index in [9.17, 15) is 0 Å². The number of fused-ring (bicyclic) bond motifs is 1. The third kappa shape index (κ3) is 4.30. The van der Waals surface area contributed by atoms with Crippen LogP contribution in [0.25, 0.3) is 11.0 Å². The standard InChI is InChI=1S/C20H24N6OS/c1-15-22-12-17(27-15)13-26-19-5-3-2-4-18(19)24-20(26)23-16-6-9-25(10-7-16)11-8-21-14-28/h2-5,12,16H,6-11,13H2,1H3,(H,23,24). The van der Waals surface area contributed by atoms with Crippen molar-refractivity contribution in [2.24, 2.45) is 4.99 Å². The number of benzene rings is 1. The average Bonchev–Trinajstić information content (AvgIpc) is 3.27. The van der Waals surface area contributed by atoms with Crippen LogP contribution in [0.3, 0.4) is 0 Å². The molecule has 0 saturated carbocycles. The van der Waals surface area contributed by atoms with Crippen LogP contribution >= 0.6 is 12.2 Å². The van der Waals surface area contributed by atoms with Crippen molar-refractivity contribution < 1.29 is 4.42 Å². The van der Waals surface area contributed by atoms with Gasteiger partial charge in [0, 0.05) is 32.6 Å². The Morgan fingerprint density at radius 2 is 2.14 bits per heavy atom. The van der Waals surface area contributed by atoms with Crippen molar-refractivity contribution in [3.8, 4) is 0 Å². The van der Waals surface area contributed by atoms with Crippen LogP contribution in [0, 0.1) is 6.92 Å². The molecule has 1 aliphatic heterocycles. The minimum absolute atomic E-state index is 0.400. The number of aliphatic imine (C=N–C) groups is 1. The molecule has 8 heteroatoms. The first-order valence-electron chi connectivity index (χ1n) is 9.62. The van der Waals surface area contributed by atoms with Gasteiger partial charge in [0.2, 0.25) is 5.95 Å². The van der Waals surface area contributed by atoms with Gasteiger partial charge in [-0.15, -0.1) is 0 Å². The summed E-state index contributed by atoms with van der Waals surface area (Å²) in [6.45, 7) is 6.24. The molecule has 28 heavy (non-hydrogen) atoms. The van der Waals surface area contributed by atoms with E-state index < -0.39 is 0 Å². The van der Waals surface area contributed by atoms with Crippen LogP contribution in [0.1, 0.15) is 24.5 Å². The number of hydrogen-bond acceptors (Lipinski definition) is 7. The Bertz CT molecular complexity index is 982. The number of isothiocyanates is 1. The molecule has 4 rings (SSSR count). The maximum absolute atomic E-state index is 5.70. The van der Waals surface area contributed by atoms with Gasteiger partial charge < -0.3 is 19.2 Å². The van der Waals surface area contributed by atoms with Gasteiger partial charge in [0.15, 0.2) is 5.89 Å². The van der Waals surface area contributed by atoms with E-state index in [1.807, 2.05) is 25.1 Å². The first-order chi connectivity index (χ1) is 13.7. The van der Waals surface area contributed by atoms with Crippen LogP contribution in [0.2, 0.25) is 0 Å². The van der Waals surface area contributed by atoms with E-state index in [1.54, 1.807) is 6.20 Å². The smallest absolute Gasteiger partial charge is 0.204 e. The number of rotatable bonds is 7. The fourth-order valence-electron chi connectivity index (χ4n) is 3.70. The van der Waals surface area contributed by atoms with Gasteiger partial charge >= 0.3 is 0 Å². The average molecular weight is 397 g/mol.